The molecular weight excluding hydrogens is 402 g/mol. The minimum atomic E-state index is -3.66. The molecule has 4 rings (SSSR count). The highest BCUT2D eigenvalue weighted by Crippen LogP contribution is 2.27. The highest BCUT2D eigenvalue weighted by atomic mass is 32.2. The van der Waals surface area contributed by atoms with Crippen molar-refractivity contribution in [3.63, 3.8) is 0 Å². The second-order valence-electron chi connectivity index (χ2n) is 7.75. The fraction of sp³-hybridized carbons (Fsp3) is 0.409. The lowest BCUT2D eigenvalue weighted by molar-refractivity contribution is -0.126. The number of piperidine rings is 1. The maximum absolute atomic E-state index is 13.2. The fourth-order valence-electron chi connectivity index (χ4n) is 4.04. The Bertz CT molecular complexity index is 1160. The van der Waals surface area contributed by atoms with Crippen LogP contribution in [0.3, 0.4) is 0 Å². The van der Waals surface area contributed by atoms with E-state index in [4.69, 9.17) is 4.42 Å². The van der Waals surface area contributed by atoms with E-state index in [1.165, 1.54) is 4.31 Å². The van der Waals surface area contributed by atoms with Crippen LogP contribution in [0.2, 0.25) is 0 Å². The minimum absolute atomic E-state index is 0.139. The van der Waals surface area contributed by atoms with Crippen LogP contribution in [-0.4, -0.2) is 36.3 Å². The number of hydrogen-bond donors (Lipinski definition) is 1. The van der Waals surface area contributed by atoms with E-state index in [1.54, 1.807) is 12.1 Å². The van der Waals surface area contributed by atoms with Gasteiger partial charge in [0.15, 0.2) is 0 Å². The van der Waals surface area contributed by atoms with Crippen LogP contribution >= 0.6 is 0 Å². The first-order valence-electron chi connectivity index (χ1n) is 10.3. The molecule has 1 aliphatic rings. The van der Waals surface area contributed by atoms with Crippen LogP contribution in [0.1, 0.15) is 31.3 Å². The molecule has 1 amide bonds. The molecule has 1 atom stereocenters. The number of nitrogens with one attached hydrogen (secondary N) is 1. The summed E-state index contributed by atoms with van der Waals surface area (Å²) in [6, 6.07) is 10.8. The largest absolute Gasteiger partial charge is 0.465 e. The maximum Gasteiger partial charge on any atom is 0.243 e. The molecule has 7 nitrogen and oxygen atoms in total. The van der Waals surface area contributed by atoms with Gasteiger partial charge in [0.1, 0.15) is 11.5 Å². The van der Waals surface area contributed by atoms with Gasteiger partial charge in [-0.15, -0.1) is 0 Å². The van der Waals surface area contributed by atoms with Gasteiger partial charge in [0.2, 0.25) is 15.9 Å². The average Bonchev–Trinajstić information content (AvgIpc) is 3.37. The van der Waals surface area contributed by atoms with E-state index >= 15 is 0 Å². The molecule has 160 valence electrons. The van der Waals surface area contributed by atoms with E-state index in [1.807, 2.05) is 37.4 Å². The summed E-state index contributed by atoms with van der Waals surface area (Å²) in [7, 11) is -3.66. The summed E-state index contributed by atoms with van der Waals surface area (Å²) in [6.07, 6.45) is 3.29. The number of hydrogen-bond acceptors (Lipinski definition) is 4. The number of amides is 1. The number of carbonyl (C=O) groups excluding carboxylic acids is 1. The molecule has 1 N–H and O–H groups in total. The molecule has 0 aliphatic carbocycles. The lowest BCUT2D eigenvalue weighted by Gasteiger charge is -2.31. The molecule has 30 heavy (non-hydrogen) atoms. The predicted octanol–water partition coefficient (Wildman–Crippen LogP) is 3.28. The molecule has 1 saturated heterocycles. The summed E-state index contributed by atoms with van der Waals surface area (Å²) in [5.74, 6) is 0.975. The number of aromatic nitrogens is 1. The van der Waals surface area contributed by atoms with Crippen molar-refractivity contribution in [3.8, 4) is 0 Å². The van der Waals surface area contributed by atoms with Crippen LogP contribution < -0.4 is 5.32 Å². The number of rotatable bonds is 6. The zero-order chi connectivity index (χ0) is 21.3. The standard InChI is InChI=1S/C22H27N3O4S/c1-3-24-12-10-17-13-20(8-9-21(17)24)30(27,28)25-11-4-5-18(15-25)22(26)23-14-19-7-6-16(2)29-19/h6-10,12-13,18H,3-5,11,14-15H2,1-2H3,(H,23,26)/t18-/m1/s1. The van der Waals surface area contributed by atoms with Crippen molar-refractivity contribution in [3.05, 3.63) is 54.1 Å². The summed E-state index contributed by atoms with van der Waals surface area (Å²) >= 11 is 0. The molecule has 0 unspecified atom stereocenters. The van der Waals surface area contributed by atoms with E-state index in [0.717, 1.165) is 23.2 Å². The van der Waals surface area contributed by atoms with Gasteiger partial charge >= 0.3 is 0 Å². The highest BCUT2D eigenvalue weighted by Gasteiger charge is 2.33. The Morgan fingerprint density at radius 3 is 2.80 bits per heavy atom. The van der Waals surface area contributed by atoms with Gasteiger partial charge in [0.25, 0.3) is 0 Å². The molecule has 2 aromatic heterocycles. The summed E-state index contributed by atoms with van der Waals surface area (Å²) in [5.41, 5.74) is 1.01. The smallest absolute Gasteiger partial charge is 0.243 e. The van der Waals surface area contributed by atoms with Crippen LogP contribution in [0.15, 0.2) is 51.9 Å². The van der Waals surface area contributed by atoms with Gasteiger partial charge in [-0.1, -0.05) is 0 Å². The average molecular weight is 430 g/mol. The zero-order valence-corrected chi connectivity index (χ0v) is 18.1. The Morgan fingerprint density at radius 2 is 2.07 bits per heavy atom. The number of aryl methyl sites for hydroxylation is 2. The number of benzene rings is 1. The third-order valence-corrected chi connectivity index (χ3v) is 7.57. The monoisotopic (exact) mass is 429 g/mol. The van der Waals surface area contributed by atoms with Crippen molar-refractivity contribution in [2.75, 3.05) is 13.1 Å². The van der Waals surface area contributed by atoms with Crippen molar-refractivity contribution in [2.45, 2.75) is 44.7 Å². The van der Waals surface area contributed by atoms with Crippen molar-refractivity contribution >= 4 is 26.8 Å². The number of furan rings is 1. The van der Waals surface area contributed by atoms with Gasteiger partial charge in [0, 0.05) is 36.7 Å². The second kappa shape index (κ2) is 8.28. The molecule has 1 aromatic carbocycles. The third kappa shape index (κ3) is 4.02. The fourth-order valence-corrected chi connectivity index (χ4v) is 5.60. The van der Waals surface area contributed by atoms with E-state index in [-0.39, 0.29) is 23.3 Å². The quantitative estimate of drug-likeness (QED) is 0.652. The van der Waals surface area contributed by atoms with Crippen LogP contribution in [0.5, 0.6) is 0 Å². The van der Waals surface area contributed by atoms with Crippen LogP contribution in [0.25, 0.3) is 10.9 Å². The lowest BCUT2D eigenvalue weighted by atomic mass is 9.99. The molecule has 0 saturated carbocycles. The Kier molecular flexibility index (Phi) is 5.71. The first kappa shape index (κ1) is 20.7. The highest BCUT2D eigenvalue weighted by molar-refractivity contribution is 7.89. The van der Waals surface area contributed by atoms with E-state index in [0.29, 0.717) is 31.7 Å². The SMILES string of the molecule is CCn1ccc2cc(S(=O)(=O)N3CCC[C@@H](C(=O)NCc4ccc(C)o4)C3)ccc21. The molecule has 3 heterocycles. The molecule has 8 heteroatoms. The molecule has 3 aromatic rings. The first-order chi connectivity index (χ1) is 14.4. The van der Waals surface area contributed by atoms with Crippen molar-refractivity contribution in [2.24, 2.45) is 5.92 Å². The van der Waals surface area contributed by atoms with Gasteiger partial charge in [-0.2, -0.15) is 4.31 Å². The Balaban J connectivity index is 1.47. The maximum atomic E-state index is 13.2. The molecule has 0 spiro atoms. The topological polar surface area (TPSA) is 84.5 Å². The molecular formula is C22H27N3O4S. The van der Waals surface area contributed by atoms with Crippen LogP contribution in [-0.2, 0) is 27.9 Å². The molecule has 1 fully saturated rings. The summed E-state index contributed by atoms with van der Waals surface area (Å²) < 4.78 is 35.5. The van der Waals surface area contributed by atoms with Crippen molar-refractivity contribution in [1.82, 2.24) is 14.2 Å². The van der Waals surface area contributed by atoms with Gasteiger partial charge in [-0.05, 0) is 63.1 Å². The summed E-state index contributed by atoms with van der Waals surface area (Å²) in [5, 5.41) is 3.77. The van der Waals surface area contributed by atoms with E-state index in [2.05, 4.69) is 16.8 Å². The van der Waals surface area contributed by atoms with Crippen molar-refractivity contribution < 1.29 is 17.6 Å². The molecule has 0 radical (unpaired) electrons. The summed E-state index contributed by atoms with van der Waals surface area (Å²) in [4.78, 5) is 12.9. The van der Waals surface area contributed by atoms with Crippen molar-refractivity contribution in [1.29, 1.82) is 0 Å². The second-order valence-corrected chi connectivity index (χ2v) is 9.69. The van der Waals surface area contributed by atoms with Crippen LogP contribution in [0, 0.1) is 12.8 Å². The lowest BCUT2D eigenvalue weighted by Crippen LogP contribution is -2.45. The number of nitrogens with zero attached hydrogens (tertiary/aromatic N) is 2. The van der Waals surface area contributed by atoms with Gasteiger partial charge in [0.05, 0.1) is 17.4 Å². The van der Waals surface area contributed by atoms with Gasteiger partial charge < -0.3 is 14.3 Å². The van der Waals surface area contributed by atoms with Gasteiger partial charge in [-0.25, -0.2) is 8.42 Å². The number of carbonyl (C=O) groups is 1. The predicted molar refractivity (Wildman–Crippen MR) is 114 cm³/mol. The van der Waals surface area contributed by atoms with E-state index < -0.39 is 10.0 Å². The first-order valence-corrected chi connectivity index (χ1v) is 11.7. The van der Waals surface area contributed by atoms with Crippen LogP contribution in [0.4, 0.5) is 0 Å². The molecule has 1 aliphatic heterocycles. The zero-order valence-electron chi connectivity index (χ0n) is 17.3. The minimum Gasteiger partial charge on any atom is -0.465 e. The third-order valence-electron chi connectivity index (χ3n) is 5.71. The Hall–Kier alpha value is -2.58. The molecule has 0 bridgehead atoms. The Morgan fingerprint density at radius 1 is 1.23 bits per heavy atom. The number of fused-ring (bicyclic) bond motifs is 1. The number of sulfonamides is 1. The van der Waals surface area contributed by atoms with Gasteiger partial charge in [-0.3, -0.25) is 4.79 Å². The Labute approximate surface area is 176 Å². The summed E-state index contributed by atoms with van der Waals surface area (Å²) in [6.45, 7) is 5.66. The van der Waals surface area contributed by atoms with E-state index in [9.17, 15) is 13.2 Å². The normalized spacial score (nSPS) is 18.0.